The molecule has 0 heterocycles. The zero-order valence-corrected chi connectivity index (χ0v) is 16.6. The van der Waals surface area contributed by atoms with Crippen molar-refractivity contribution in [3.05, 3.63) is 71.8 Å². The van der Waals surface area contributed by atoms with Gasteiger partial charge in [0.25, 0.3) is 0 Å². The first-order valence-electron chi connectivity index (χ1n) is 8.43. The Bertz CT molecular complexity index is 679. The van der Waals surface area contributed by atoms with Gasteiger partial charge in [0.15, 0.2) is 0 Å². The van der Waals surface area contributed by atoms with E-state index in [1.54, 1.807) is 0 Å². The number of benzene rings is 2. The highest BCUT2D eigenvalue weighted by atomic mass is 127. The van der Waals surface area contributed by atoms with E-state index in [4.69, 9.17) is 9.47 Å². The van der Waals surface area contributed by atoms with E-state index in [1.165, 1.54) is 0 Å². The summed E-state index contributed by atoms with van der Waals surface area (Å²) >= 11 is 2.24. The lowest BCUT2D eigenvalue weighted by atomic mass is 10.1. The Balaban J connectivity index is 1.84. The normalized spacial score (nSPS) is 11.4. The highest BCUT2D eigenvalue weighted by molar-refractivity contribution is 14.1. The number of alkyl halides is 1. The van der Waals surface area contributed by atoms with Gasteiger partial charge in [-0.05, 0) is 28.4 Å². The van der Waals surface area contributed by atoms with Crippen LogP contribution in [0.2, 0.25) is 0 Å². The van der Waals surface area contributed by atoms with Crippen LogP contribution in [-0.4, -0.2) is 22.5 Å². The van der Waals surface area contributed by atoms with E-state index in [0.29, 0.717) is 6.42 Å². The molecule has 1 amide bonds. The summed E-state index contributed by atoms with van der Waals surface area (Å²) in [6.07, 6.45) is 0.686. The summed E-state index contributed by atoms with van der Waals surface area (Å²) in [7, 11) is 0. The van der Waals surface area contributed by atoms with Crippen molar-refractivity contribution in [2.75, 3.05) is 4.43 Å². The van der Waals surface area contributed by atoms with Crippen molar-refractivity contribution in [3.63, 3.8) is 0 Å². The first-order chi connectivity index (χ1) is 12.7. The molecule has 2 aromatic rings. The third-order valence-electron chi connectivity index (χ3n) is 3.64. The molecule has 0 saturated carbocycles. The molecule has 0 unspecified atom stereocenters. The molecule has 0 saturated heterocycles. The van der Waals surface area contributed by atoms with E-state index < -0.39 is 18.1 Å². The Labute approximate surface area is 167 Å². The van der Waals surface area contributed by atoms with Gasteiger partial charge < -0.3 is 14.8 Å². The molecule has 0 bridgehead atoms. The maximum Gasteiger partial charge on any atom is 0.408 e. The third-order valence-corrected chi connectivity index (χ3v) is 4.40. The topological polar surface area (TPSA) is 64.6 Å². The quantitative estimate of drug-likeness (QED) is 0.341. The van der Waals surface area contributed by atoms with E-state index in [1.807, 2.05) is 60.7 Å². The van der Waals surface area contributed by atoms with Crippen LogP contribution < -0.4 is 5.32 Å². The second kappa shape index (κ2) is 11.5. The minimum Gasteiger partial charge on any atom is -0.459 e. The number of halogens is 1. The van der Waals surface area contributed by atoms with Crippen molar-refractivity contribution in [2.24, 2.45) is 0 Å². The van der Waals surface area contributed by atoms with Crippen LogP contribution in [0.25, 0.3) is 0 Å². The minimum absolute atomic E-state index is 0.157. The standard InChI is InChI=1S/C20H22INO4/c21-13-7-12-18(19(23)25-14-16-8-3-1-4-9-16)22-20(24)26-15-17-10-5-2-6-11-17/h1-6,8-11,18H,7,12-15H2,(H,22,24)/t18-/m0/s1. The summed E-state index contributed by atoms with van der Waals surface area (Å²) in [6.45, 7) is 0.339. The highest BCUT2D eigenvalue weighted by Gasteiger charge is 2.22. The summed E-state index contributed by atoms with van der Waals surface area (Å²) in [5.41, 5.74) is 1.79. The molecular formula is C20H22INO4. The van der Waals surface area contributed by atoms with Crippen LogP contribution in [-0.2, 0) is 27.5 Å². The Morgan fingerprint density at radius 1 is 0.885 bits per heavy atom. The molecule has 0 aliphatic carbocycles. The number of hydrogen-bond acceptors (Lipinski definition) is 4. The van der Waals surface area contributed by atoms with Gasteiger partial charge in [-0.15, -0.1) is 0 Å². The van der Waals surface area contributed by atoms with E-state index in [0.717, 1.165) is 22.0 Å². The van der Waals surface area contributed by atoms with Crippen LogP contribution >= 0.6 is 22.6 Å². The molecular weight excluding hydrogens is 445 g/mol. The lowest BCUT2D eigenvalue weighted by Crippen LogP contribution is -2.42. The highest BCUT2D eigenvalue weighted by Crippen LogP contribution is 2.07. The molecule has 1 atom stereocenters. The summed E-state index contributed by atoms with van der Waals surface area (Å²) in [5, 5.41) is 2.62. The van der Waals surface area contributed by atoms with Crippen molar-refractivity contribution < 1.29 is 19.1 Å². The van der Waals surface area contributed by atoms with Crippen molar-refractivity contribution >= 4 is 34.7 Å². The first-order valence-corrected chi connectivity index (χ1v) is 9.95. The Kier molecular flexibility index (Phi) is 8.95. The van der Waals surface area contributed by atoms with Crippen LogP contribution in [0.3, 0.4) is 0 Å². The van der Waals surface area contributed by atoms with Crippen LogP contribution in [0.4, 0.5) is 4.79 Å². The molecule has 0 aromatic heterocycles. The van der Waals surface area contributed by atoms with E-state index in [-0.39, 0.29) is 13.2 Å². The van der Waals surface area contributed by atoms with Crippen molar-refractivity contribution in [3.8, 4) is 0 Å². The van der Waals surface area contributed by atoms with Gasteiger partial charge in [-0.25, -0.2) is 9.59 Å². The number of esters is 1. The van der Waals surface area contributed by atoms with Gasteiger partial charge in [0.05, 0.1) is 0 Å². The van der Waals surface area contributed by atoms with Crippen LogP contribution in [0.15, 0.2) is 60.7 Å². The number of amides is 1. The van der Waals surface area contributed by atoms with Crippen LogP contribution in [0.5, 0.6) is 0 Å². The van der Waals surface area contributed by atoms with Gasteiger partial charge in [0.2, 0.25) is 0 Å². The predicted octanol–water partition coefficient (Wildman–Crippen LogP) is 4.24. The van der Waals surface area contributed by atoms with Gasteiger partial charge in [0, 0.05) is 0 Å². The number of carbonyl (C=O) groups is 2. The second-order valence-corrected chi connectivity index (χ2v) is 6.76. The molecule has 0 radical (unpaired) electrons. The lowest BCUT2D eigenvalue weighted by Gasteiger charge is -2.17. The van der Waals surface area contributed by atoms with E-state index in [2.05, 4.69) is 27.9 Å². The smallest absolute Gasteiger partial charge is 0.408 e. The van der Waals surface area contributed by atoms with Gasteiger partial charge in [0.1, 0.15) is 19.3 Å². The maximum absolute atomic E-state index is 12.3. The number of rotatable bonds is 9. The molecule has 2 aromatic carbocycles. The number of ether oxygens (including phenoxy) is 2. The summed E-state index contributed by atoms with van der Waals surface area (Å²) in [4.78, 5) is 24.4. The maximum atomic E-state index is 12.3. The van der Waals surface area contributed by atoms with Crippen molar-refractivity contribution in [1.82, 2.24) is 5.32 Å². The third kappa shape index (κ3) is 7.43. The fourth-order valence-electron chi connectivity index (χ4n) is 2.27. The molecule has 138 valence electrons. The second-order valence-electron chi connectivity index (χ2n) is 5.68. The molecule has 0 aliphatic rings. The molecule has 0 spiro atoms. The number of carbonyl (C=O) groups excluding carboxylic acids is 2. The van der Waals surface area contributed by atoms with Crippen LogP contribution in [0, 0.1) is 0 Å². The largest absolute Gasteiger partial charge is 0.459 e. The summed E-state index contributed by atoms with van der Waals surface area (Å²) in [5.74, 6) is -0.449. The van der Waals surface area contributed by atoms with E-state index >= 15 is 0 Å². The molecule has 2 rings (SSSR count). The van der Waals surface area contributed by atoms with Gasteiger partial charge in [-0.1, -0.05) is 83.3 Å². The molecule has 5 nitrogen and oxygen atoms in total. The fraction of sp³-hybridized carbons (Fsp3) is 0.300. The summed E-state index contributed by atoms with van der Waals surface area (Å²) in [6, 6.07) is 18.1. The number of alkyl carbamates (subject to hydrolysis) is 1. The first kappa shape index (κ1) is 20.2. The Morgan fingerprint density at radius 3 is 1.96 bits per heavy atom. The van der Waals surface area contributed by atoms with Gasteiger partial charge >= 0.3 is 12.1 Å². The predicted molar refractivity (Wildman–Crippen MR) is 108 cm³/mol. The fourth-order valence-corrected chi connectivity index (χ4v) is 2.71. The zero-order valence-electron chi connectivity index (χ0n) is 14.4. The van der Waals surface area contributed by atoms with Crippen molar-refractivity contribution in [1.29, 1.82) is 0 Å². The van der Waals surface area contributed by atoms with Crippen LogP contribution in [0.1, 0.15) is 24.0 Å². The van der Waals surface area contributed by atoms with Crippen molar-refractivity contribution in [2.45, 2.75) is 32.1 Å². The van der Waals surface area contributed by atoms with Gasteiger partial charge in [-0.3, -0.25) is 0 Å². The summed E-state index contributed by atoms with van der Waals surface area (Å²) < 4.78 is 11.4. The van der Waals surface area contributed by atoms with E-state index in [9.17, 15) is 9.59 Å². The molecule has 0 fully saturated rings. The average molecular weight is 467 g/mol. The zero-order chi connectivity index (χ0) is 18.6. The molecule has 1 N–H and O–H groups in total. The molecule has 0 aliphatic heterocycles. The number of hydrogen-bond donors (Lipinski definition) is 1. The minimum atomic E-state index is -0.711. The lowest BCUT2D eigenvalue weighted by molar-refractivity contribution is -0.147. The average Bonchev–Trinajstić information content (AvgIpc) is 2.69. The monoisotopic (exact) mass is 467 g/mol. The molecule has 26 heavy (non-hydrogen) atoms. The SMILES string of the molecule is O=C(N[C@@H](CCCI)C(=O)OCc1ccccc1)OCc1ccccc1. The molecule has 6 heteroatoms. The van der Waals surface area contributed by atoms with Gasteiger partial charge in [-0.2, -0.15) is 0 Å². The Hall–Kier alpha value is -2.09. The Morgan fingerprint density at radius 2 is 1.42 bits per heavy atom. The number of nitrogens with one attached hydrogen (secondary N) is 1.